The lowest BCUT2D eigenvalue weighted by atomic mass is 9.99. The molecule has 0 unspecified atom stereocenters. The third-order valence-electron chi connectivity index (χ3n) is 5.62. The molecule has 1 atom stereocenters. The van der Waals surface area contributed by atoms with E-state index in [2.05, 4.69) is 16.9 Å². The zero-order valence-electron chi connectivity index (χ0n) is 16.7. The quantitative estimate of drug-likeness (QED) is 0.815. The minimum Gasteiger partial charge on any atom is -0.493 e. The summed E-state index contributed by atoms with van der Waals surface area (Å²) < 4.78 is 5.69. The number of nitrogens with zero attached hydrogens (tertiary/aromatic N) is 4. The summed E-state index contributed by atoms with van der Waals surface area (Å²) in [6.45, 7) is 5.11. The molecule has 1 amide bonds. The molecule has 6 heteroatoms. The van der Waals surface area contributed by atoms with E-state index >= 15 is 0 Å². The molecule has 0 aliphatic carbocycles. The molecular formula is C22H28N4O2. The fourth-order valence-electron chi connectivity index (χ4n) is 4.16. The highest BCUT2D eigenvalue weighted by Crippen LogP contribution is 2.32. The van der Waals surface area contributed by atoms with Crippen molar-refractivity contribution in [3.05, 3.63) is 53.1 Å². The normalized spacial score (nSPS) is 19.9. The van der Waals surface area contributed by atoms with Crippen LogP contribution in [0.3, 0.4) is 0 Å². The molecule has 4 rings (SSSR count). The Morgan fingerprint density at radius 1 is 1.25 bits per heavy atom. The van der Waals surface area contributed by atoms with E-state index in [-0.39, 0.29) is 11.9 Å². The molecule has 3 heterocycles. The number of aromatic nitrogens is 2. The summed E-state index contributed by atoms with van der Waals surface area (Å²) in [7, 11) is 2.12. The molecule has 2 aromatic rings. The SMILES string of the molecule is CCOc1ccccc1C(=O)N1CCCC[C@H]1c1ncc2c(n1)CCN(C)C2. The molecule has 1 saturated heterocycles. The zero-order chi connectivity index (χ0) is 19.5. The maximum Gasteiger partial charge on any atom is 0.258 e. The lowest BCUT2D eigenvalue weighted by Crippen LogP contribution is -2.40. The Morgan fingerprint density at radius 3 is 2.96 bits per heavy atom. The number of para-hydroxylation sites is 1. The number of hydrogen-bond donors (Lipinski definition) is 0. The largest absolute Gasteiger partial charge is 0.493 e. The smallest absolute Gasteiger partial charge is 0.258 e. The lowest BCUT2D eigenvalue weighted by molar-refractivity contribution is 0.0595. The van der Waals surface area contributed by atoms with Crippen molar-refractivity contribution in [1.29, 1.82) is 0 Å². The molecule has 2 aliphatic rings. The number of likely N-dealkylation sites (N-methyl/N-ethyl adjacent to an activating group) is 1. The monoisotopic (exact) mass is 380 g/mol. The van der Waals surface area contributed by atoms with Gasteiger partial charge >= 0.3 is 0 Å². The van der Waals surface area contributed by atoms with Crippen LogP contribution in [0.4, 0.5) is 0 Å². The summed E-state index contributed by atoms with van der Waals surface area (Å²) in [6, 6.07) is 7.44. The Labute approximate surface area is 166 Å². The van der Waals surface area contributed by atoms with Gasteiger partial charge in [0.2, 0.25) is 0 Å². The summed E-state index contributed by atoms with van der Waals surface area (Å²) in [4.78, 5) is 27.2. The van der Waals surface area contributed by atoms with Gasteiger partial charge in [-0.05, 0) is 45.4 Å². The maximum absolute atomic E-state index is 13.4. The van der Waals surface area contributed by atoms with Gasteiger partial charge in [-0.1, -0.05) is 12.1 Å². The van der Waals surface area contributed by atoms with Crippen LogP contribution in [-0.4, -0.2) is 52.4 Å². The summed E-state index contributed by atoms with van der Waals surface area (Å²) in [6.07, 6.45) is 5.90. The zero-order valence-corrected chi connectivity index (χ0v) is 16.7. The second-order valence-corrected chi connectivity index (χ2v) is 7.63. The van der Waals surface area contributed by atoms with E-state index in [4.69, 9.17) is 9.72 Å². The van der Waals surface area contributed by atoms with Gasteiger partial charge in [0.15, 0.2) is 5.82 Å². The van der Waals surface area contributed by atoms with Crippen LogP contribution in [0.1, 0.15) is 59.7 Å². The number of amides is 1. The van der Waals surface area contributed by atoms with E-state index in [9.17, 15) is 4.79 Å². The first-order valence-electron chi connectivity index (χ1n) is 10.2. The summed E-state index contributed by atoms with van der Waals surface area (Å²) >= 11 is 0. The average molecular weight is 380 g/mol. The fraction of sp³-hybridized carbons (Fsp3) is 0.500. The number of rotatable bonds is 4. The predicted octanol–water partition coefficient (Wildman–Crippen LogP) is 3.23. The molecule has 1 fully saturated rings. The van der Waals surface area contributed by atoms with Crippen molar-refractivity contribution >= 4 is 5.91 Å². The molecule has 0 bridgehead atoms. The maximum atomic E-state index is 13.4. The Morgan fingerprint density at radius 2 is 2.11 bits per heavy atom. The molecule has 0 radical (unpaired) electrons. The third kappa shape index (κ3) is 3.74. The first-order valence-corrected chi connectivity index (χ1v) is 10.2. The summed E-state index contributed by atoms with van der Waals surface area (Å²) in [5, 5.41) is 0. The van der Waals surface area contributed by atoms with Gasteiger partial charge in [-0.15, -0.1) is 0 Å². The number of fused-ring (bicyclic) bond motifs is 1. The number of ether oxygens (including phenoxy) is 1. The van der Waals surface area contributed by atoms with Crippen LogP contribution in [0, 0.1) is 0 Å². The van der Waals surface area contributed by atoms with Gasteiger partial charge in [0.1, 0.15) is 5.75 Å². The van der Waals surface area contributed by atoms with Gasteiger partial charge in [0.25, 0.3) is 5.91 Å². The van der Waals surface area contributed by atoms with Gasteiger partial charge in [0.05, 0.1) is 18.2 Å². The molecule has 6 nitrogen and oxygen atoms in total. The van der Waals surface area contributed by atoms with Crippen molar-refractivity contribution in [3.8, 4) is 5.75 Å². The second-order valence-electron chi connectivity index (χ2n) is 7.63. The molecule has 0 N–H and O–H groups in total. The van der Waals surface area contributed by atoms with Gasteiger partial charge < -0.3 is 14.5 Å². The van der Waals surface area contributed by atoms with Crippen LogP contribution in [0.25, 0.3) is 0 Å². The molecule has 1 aromatic heterocycles. The van der Waals surface area contributed by atoms with Gasteiger partial charge in [-0.3, -0.25) is 4.79 Å². The molecule has 0 saturated carbocycles. The average Bonchev–Trinajstić information content (AvgIpc) is 2.73. The third-order valence-corrected chi connectivity index (χ3v) is 5.62. The minimum atomic E-state index is -0.0686. The number of benzene rings is 1. The number of likely N-dealkylation sites (tertiary alicyclic amines) is 1. The molecular weight excluding hydrogens is 352 g/mol. The highest BCUT2D eigenvalue weighted by molar-refractivity contribution is 5.97. The van der Waals surface area contributed by atoms with Gasteiger partial charge in [-0.25, -0.2) is 9.97 Å². The van der Waals surface area contributed by atoms with E-state index in [1.54, 1.807) is 0 Å². The van der Waals surface area contributed by atoms with E-state index in [1.165, 1.54) is 5.56 Å². The summed E-state index contributed by atoms with van der Waals surface area (Å²) in [5.41, 5.74) is 2.96. The van der Waals surface area contributed by atoms with Crippen LogP contribution < -0.4 is 4.74 Å². The van der Waals surface area contributed by atoms with Crippen LogP contribution in [0.2, 0.25) is 0 Å². The molecule has 148 valence electrons. The van der Waals surface area contributed by atoms with Crippen molar-refractivity contribution < 1.29 is 9.53 Å². The summed E-state index contributed by atoms with van der Waals surface area (Å²) in [5.74, 6) is 1.44. The standard InChI is InChI=1S/C22H28N4O2/c1-3-28-20-10-5-4-8-17(20)22(27)26-12-7-6-9-19(26)21-23-14-16-15-25(2)13-11-18(16)24-21/h4-5,8,10,14,19H,3,6-7,9,11-13,15H2,1-2H3/t19-/m0/s1. The topological polar surface area (TPSA) is 58.6 Å². The first-order chi connectivity index (χ1) is 13.7. The van der Waals surface area contributed by atoms with E-state index in [0.29, 0.717) is 17.9 Å². The highest BCUT2D eigenvalue weighted by atomic mass is 16.5. The van der Waals surface area contributed by atoms with Crippen molar-refractivity contribution in [2.24, 2.45) is 0 Å². The Bertz CT molecular complexity index is 854. The van der Waals surface area contributed by atoms with Crippen molar-refractivity contribution in [2.75, 3.05) is 26.7 Å². The Kier molecular flexibility index (Phi) is 5.57. The molecule has 28 heavy (non-hydrogen) atoms. The van der Waals surface area contributed by atoms with Crippen LogP contribution in [-0.2, 0) is 13.0 Å². The first kappa shape index (κ1) is 18.9. The van der Waals surface area contributed by atoms with Crippen LogP contribution in [0.5, 0.6) is 5.75 Å². The molecule has 1 aromatic carbocycles. The van der Waals surface area contributed by atoms with E-state index in [1.807, 2.05) is 42.3 Å². The lowest BCUT2D eigenvalue weighted by Gasteiger charge is -2.35. The Balaban J connectivity index is 1.63. The molecule has 2 aliphatic heterocycles. The van der Waals surface area contributed by atoms with Crippen molar-refractivity contribution in [2.45, 2.75) is 45.2 Å². The Hall–Kier alpha value is -2.47. The van der Waals surface area contributed by atoms with Gasteiger partial charge in [0, 0.05) is 43.5 Å². The van der Waals surface area contributed by atoms with E-state index in [0.717, 1.165) is 56.8 Å². The van der Waals surface area contributed by atoms with Crippen molar-refractivity contribution in [1.82, 2.24) is 19.8 Å². The minimum absolute atomic E-state index is 0.00908. The predicted molar refractivity (Wildman–Crippen MR) is 107 cm³/mol. The fourth-order valence-corrected chi connectivity index (χ4v) is 4.16. The number of carbonyl (C=O) groups excluding carboxylic acids is 1. The second kappa shape index (κ2) is 8.27. The van der Waals surface area contributed by atoms with Gasteiger partial charge in [-0.2, -0.15) is 0 Å². The van der Waals surface area contributed by atoms with Crippen molar-refractivity contribution in [3.63, 3.8) is 0 Å². The van der Waals surface area contributed by atoms with Crippen LogP contribution >= 0.6 is 0 Å². The number of carbonyl (C=O) groups is 1. The number of hydrogen-bond acceptors (Lipinski definition) is 5. The van der Waals surface area contributed by atoms with Crippen LogP contribution in [0.15, 0.2) is 30.5 Å². The molecule has 0 spiro atoms. The number of piperidine rings is 1. The highest BCUT2D eigenvalue weighted by Gasteiger charge is 2.32. The van der Waals surface area contributed by atoms with E-state index < -0.39 is 0 Å².